The number of nitrogens with one attached hydrogen (secondary N) is 1. The number of hydrogen-bond donors (Lipinski definition) is 1. The van der Waals surface area contributed by atoms with Gasteiger partial charge in [0.25, 0.3) is 10.0 Å². The van der Waals surface area contributed by atoms with E-state index in [4.69, 9.17) is 9.47 Å². The maximum atomic E-state index is 13.4. The van der Waals surface area contributed by atoms with Gasteiger partial charge < -0.3 is 14.4 Å². The van der Waals surface area contributed by atoms with E-state index in [-0.39, 0.29) is 28.5 Å². The lowest BCUT2D eigenvalue weighted by atomic mass is 10.0. The lowest BCUT2D eigenvalue weighted by molar-refractivity contribution is -0.130. The number of piperidine rings is 1. The number of likely N-dealkylation sites (tertiary alicyclic amines) is 1. The summed E-state index contributed by atoms with van der Waals surface area (Å²) in [5.41, 5.74) is 2.83. The van der Waals surface area contributed by atoms with Crippen LogP contribution >= 0.6 is 0 Å². The minimum absolute atomic E-state index is 0.0483. The van der Waals surface area contributed by atoms with Gasteiger partial charge in [0, 0.05) is 55.7 Å². The average molecular weight is 566 g/mol. The van der Waals surface area contributed by atoms with Gasteiger partial charge in [0.15, 0.2) is 0 Å². The van der Waals surface area contributed by atoms with Crippen molar-refractivity contribution in [2.24, 2.45) is 0 Å². The monoisotopic (exact) mass is 565 g/mol. The van der Waals surface area contributed by atoms with Crippen LogP contribution in [-0.2, 0) is 14.8 Å². The largest absolute Gasteiger partial charge is 0.488 e. The van der Waals surface area contributed by atoms with E-state index in [1.54, 1.807) is 24.1 Å². The van der Waals surface area contributed by atoms with Crippen molar-refractivity contribution < 1.29 is 27.1 Å². The molecule has 0 saturated carbocycles. The zero-order valence-corrected chi connectivity index (χ0v) is 23.0. The molecule has 1 amide bonds. The summed E-state index contributed by atoms with van der Waals surface area (Å²) in [4.78, 5) is 26.5. The summed E-state index contributed by atoms with van der Waals surface area (Å²) in [7, 11) is -2.66. The highest BCUT2D eigenvalue weighted by Crippen LogP contribution is 2.36. The molecule has 1 N–H and O–H groups in total. The fraction of sp³-hybridized carbons (Fsp3) is 0.286. The first-order chi connectivity index (χ1) is 19.1. The third kappa shape index (κ3) is 5.67. The maximum absolute atomic E-state index is 13.4. The van der Waals surface area contributed by atoms with Crippen LogP contribution in [-0.4, -0.2) is 60.5 Å². The predicted molar refractivity (Wildman–Crippen MR) is 147 cm³/mol. The number of carbonyl (C=O) groups excluding carboxylic acids is 1. The molecule has 40 heavy (non-hydrogen) atoms. The van der Waals surface area contributed by atoms with Crippen LogP contribution in [0.5, 0.6) is 11.6 Å². The number of methoxy groups -OCH3 is 1. The van der Waals surface area contributed by atoms with E-state index in [1.165, 1.54) is 25.6 Å². The number of amides is 1. The maximum Gasteiger partial charge on any atom is 0.262 e. The molecule has 1 saturated heterocycles. The van der Waals surface area contributed by atoms with E-state index in [9.17, 15) is 17.6 Å². The Labute approximate surface area is 231 Å². The van der Waals surface area contributed by atoms with Gasteiger partial charge in [-0.1, -0.05) is 0 Å². The third-order valence-corrected chi connectivity index (χ3v) is 8.21. The normalized spacial score (nSPS) is 14.2. The number of sulfonamides is 1. The molecule has 0 unspecified atom stereocenters. The third-order valence-electron chi connectivity index (χ3n) is 6.83. The van der Waals surface area contributed by atoms with Crippen molar-refractivity contribution >= 4 is 32.5 Å². The molecule has 3 heterocycles. The van der Waals surface area contributed by atoms with E-state index < -0.39 is 15.8 Å². The summed E-state index contributed by atoms with van der Waals surface area (Å²) in [6, 6.07) is 9.86. The molecule has 208 valence electrons. The van der Waals surface area contributed by atoms with Crippen molar-refractivity contribution in [3.8, 4) is 22.8 Å². The molecule has 0 atom stereocenters. The van der Waals surface area contributed by atoms with Gasteiger partial charge >= 0.3 is 0 Å². The summed E-state index contributed by atoms with van der Waals surface area (Å²) < 4.78 is 53.6. The second kappa shape index (κ2) is 11.0. The van der Waals surface area contributed by atoms with Gasteiger partial charge in [-0.25, -0.2) is 27.8 Å². The summed E-state index contributed by atoms with van der Waals surface area (Å²) in [5, 5.41) is 0.778. The first-order valence-electron chi connectivity index (χ1n) is 12.6. The van der Waals surface area contributed by atoms with E-state index in [1.807, 2.05) is 19.1 Å². The van der Waals surface area contributed by atoms with Gasteiger partial charge in [-0.05, 0) is 55.0 Å². The molecule has 12 heteroatoms. The Morgan fingerprint density at radius 1 is 1.05 bits per heavy atom. The average Bonchev–Trinajstić information content (AvgIpc) is 2.94. The lowest BCUT2D eigenvalue weighted by Crippen LogP contribution is -2.40. The van der Waals surface area contributed by atoms with Gasteiger partial charge in [0.1, 0.15) is 35.2 Å². The topological polar surface area (TPSA) is 124 Å². The minimum atomic E-state index is -4.05. The number of ether oxygens (including phenoxy) is 2. The number of benzene rings is 2. The first-order valence-corrected chi connectivity index (χ1v) is 14.1. The number of aromatic nitrogens is 3. The Kier molecular flexibility index (Phi) is 7.53. The highest BCUT2D eigenvalue weighted by Gasteiger charge is 2.24. The Bertz CT molecular complexity index is 1670. The van der Waals surface area contributed by atoms with Crippen molar-refractivity contribution in [2.75, 3.05) is 24.9 Å². The Morgan fingerprint density at radius 3 is 2.45 bits per heavy atom. The van der Waals surface area contributed by atoms with Crippen LogP contribution in [0.1, 0.15) is 25.5 Å². The van der Waals surface area contributed by atoms with Gasteiger partial charge in [-0.3, -0.25) is 9.52 Å². The number of hydrogen-bond acceptors (Lipinski definition) is 8. The molecule has 0 spiro atoms. The smallest absolute Gasteiger partial charge is 0.262 e. The number of nitrogens with zero attached hydrogens (tertiary/aromatic N) is 4. The molecule has 2 aromatic heterocycles. The standard InChI is InChI=1S/C28H28FN5O5S/c1-17-24-12-19(14-26(27(24)32-16-31-17)39-22-8-10-34(11-9-22)18(2)35)20-13-25(28(38-3)30-15-20)33-40(36,37)23-6-4-21(29)5-7-23/h4-7,12-16,22,33H,8-11H2,1-3H3. The van der Waals surface area contributed by atoms with Crippen molar-refractivity contribution in [1.82, 2.24) is 19.9 Å². The number of carbonyl (C=O) groups is 1. The van der Waals surface area contributed by atoms with E-state index in [2.05, 4.69) is 19.7 Å². The molecule has 2 aromatic carbocycles. The van der Waals surface area contributed by atoms with Crippen LogP contribution in [0.25, 0.3) is 22.0 Å². The van der Waals surface area contributed by atoms with Crippen LogP contribution in [0.4, 0.5) is 10.1 Å². The van der Waals surface area contributed by atoms with Crippen LogP contribution in [0.3, 0.4) is 0 Å². The fourth-order valence-corrected chi connectivity index (χ4v) is 5.70. The van der Waals surface area contributed by atoms with Crippen LogP contribution in [0, 0.1) is 12.7 Å². The lowest BCUT2D eigenvalue weighted by Gasteiger charge is -2.31. The molecular formula is C28H28FN5O5S. The summed E-state index contributed by atoms with van der Waals surface area (Å²) >= 11 is 0. The molecule has 4 aromatic rings. The van der Waals surface area contributed by atoms with Crippen LogP contribution in [0.2, 0.25) is 0 Å². The molecule has 0 bridgehead atoms. The number of fused-ring (bicyclic) bond motifs is 1. The molecule has 5 rings (SSSR count). The van der Waals surface area contributed by atoms with E-state index in [0.717, 1.165) is 23.2 Å². The molecule has 1 aliphatic heterocycles. The fourth-order valence-electron chi connectivity index (χ4n) is 4.65. The Hall–Kier alpha value is -4.32. The second-order valence-electron chi connectivity index (χ2n) is 9.49. The number of halogens is 1. The molecule has 0 aliphatic carbocycles. The molecule has 1 fully saturated rings. The highest BCUT2D eigenvalue weighted by atomic mass is 32.2. The molecular weight excluding hydrogens is 537 g/mol. The summed E-state index contributed by atoms with van der Waals surface area (Å²) in [5.74, 6) is 0.136. The van der Waals surface area contributed by atoms with Crippen LogP contribution < -0.4 is 14.2 Å². The van der Waals surface area contributed by atoms with Crippen molar-refractivity contribution in [1.29, 1.82) is 0 Å². The number of aryl methyl sites for hydroxylation is 1. The zero-order chi connectivity index (χ0) is 28.4. The molecule has 1 aliphatic rings. The number of rotatable bonds is 7. The summed E-state index contributed by atoms with van der Waals surface area (Å²) in [6.07, 6.45) is 4.34. The first kappa shape index (κ1) is 27.3. The van der Waals surface area contributed by atoms with Gasteiger partial charge in [0.2, 0.25) is 11.8 Å². The Balaban J connectivity index is 1.51. The second-order valence-corrected chi connectivity index (χ2v) is 11.2. The van der Waals surface area contributed by atoms with Gasteiger partial charge in [-0.15, -0.1) is 0 Å². The molecule has 0 radical (unpaired) electrons. The highest BCUT2D eigenvalue weighted by molar-refractivity contribution is 7.92. The van der Waals surface area contributed by atoms with Crippen molar-refractivity contribution in [3.63, 3.8) is 0 Å². The van der Waals surface area contributed by atoms with E-state index in [0.29, 0.717) is 48.3 Å². The minimum Gasteiger partial charge on any atom is -0.488 e. The SMILES string of the molecule is COc1ncc(-c2cc(OC3CCN(C(C)=O)CC3)c3ncnc(C)c3c2)cc1NS(=O)(=O)c1ccc(F)cc1. The zero-order valence-electron chi connectivity index (χ0n) is 22.2. The predicted octanol–water partition coefficient (Wildman–Crippen LogP) is 4.34. The quantitative estimate of drug-likeness (QED) is 0.351. The van der Waals surface area contributed by atoms with Gasteiger partial charge in [0.05, 0.1) is 12.0 Å². The van der Waals surface area contributed by atoms with E-state index >= 15 is 0 Å². The van der Waals surface area contributed by atoms with Crippen molar-refractivity contribution in [2.45, 2.75) is 37.7 Å². The van der Waals surface area contributed by atoms with Crippen LogP contribution in [0.15, 0.2) is 59.9 Å². The van der Waals surface area contributed by atoms with Gasteiger partial charge in [-0.2, -0.15) is 0 Å². The summed E-state index contributed by atoms with van der Waals surface area (Å²) in [6.45, 7) is 4.67. The number of anilines is 1. The number of pyridine rings is 1. The van der Waals surface area contributed by atoms with Crippen molar-refractivity contribution in [3.05, 3.63) is 66.5 Å². The Morgan fingerprint density at radius 2 is 1.77 bits per heavy atom. The molecule has 10 nitrogen and oxygen atoms in total.